The molecule has 4 nitrogen and oxygen atoms in total. The van der Waals surface area contributed by atoms with E-state index in [2.05, 4.69) is 69.6 Å². The topological polar surface area (TPSA) is 62.3 Å². The highest BCUT2D eigenvalue weighted by Gasteiger charge is 2.37. The summed E-state index contributed by atoms with van der Waals surface area (Å²) in [6.45, 7) is 2.31. The lowest BCUT2D eigenvalue weighted by Crippen LogP contribution is -2.37. The molecule has 2 aromatic heterocycles. The summed E-state index contributed by atoms with van der Waals surface area (Å²) in [4.78, 5) is 2.41. The average Bonchev–Trinajstić information content (AvgIpc) is 3.48. The summed E-state index contributed by atoms with van der Waals surface area (Å²) in [5.41, 5.74) is 12.5. The van der Waals surface area contributed by atoms with Crippen LogP contribution in [-0.2, 0) is 11.3 Å². The monoisotopic (exact) mass is 443 g/mol. The zero-order valence-electron chi connectivity index (χ0n) is 16.8. The first-order valence-corrected chi connectivity index (χ1v) is 11.9. The van der Waals surface area contributed by atoms with Crippen LogP contribution >= 0.6 is 22.7 Å². The molecule has 2 aliphatic rings. The maximum atomic E-state index is 9.88. The zero-order chi connectivity index (χ0) is 21.2. The molecule has 0 amide bonds. The van der Waals surface area contributed by atoms with Gasteiger partial charge in [0.15, 0.2) is 0 Å². The number of benzene rings is 1. The molecule has 1 aromatic carbocycles. The molecular formula is C25H21N3OS2. The Morgan fingerprint density at radius 1 is 1.10 bits per heavy atom. The van der Waals surface area contributed by atoms with Crippen molar-refractivity contribution in [3.05, 3.63) is 109 Å². The average molecular weight is 444 g/mol. The standard InChI is InChI=1S/C25H21N3OS2/c26-11-21-23(19-7-9-31-16-19)22-14-28(12-17-4-2-1-3-5-17)13-20(24(22)29-25(21)27)10-18-6-8-30-15-18/h1-10,15-16,23H,12-14,27H2/b20-10-/t23-/m0/s1. The fraction of sp³-hybridized carbons (Fsp3) is 0.160. The molecule has 0 fully saturated rings. The van der Waals surface area contributed by atoms with Crippen molar-refractivity contribution < 1.29 is 4.74 Å². The zero-order valence-corrected chi connectivity index (χ0v) is 18.5. The number of rotatable bonds is 4. The molecule has 4 heterocycles. The van der Waals surface area contributed by atoms with Crippen molar-refractivity contribution in [1.29, 1.82) is 5.26 Å². The smallest absolute Gasteiger partial charge is 0.205 e. The summed E-state index contributed by atoms with van der Waals surface area (Å²) in [5, 5.41) is 18.2. The molecule has 0 spiro atoms. The van der Waals surface area contributed by atoms with Crippen molar-refractivity contribution in [3.8, 4) is 6.07 Å². The number of hydrogen-bond donors (Lipinski definition) is 1. The van der Waals surface area contributed by atoms with Gasteiger partial charge in [-0.05, 0) is 62.0 Å². The van der Waals surface area contributed by atoms with Crippen LogP contribution in [0.2, 0.25) is 0 Å². The van der Waals surface area contributed by atoms with Crippen LogP contribution in [0.1, 0.15) is 22.6 Å². The van der Waals surface area contributed by atoms with E-state index in [1.54, 1.807) is 22.7 Å². The van der Waals surface area contributed by atoms with Crippen molar-refractivity contribution in [3.63, 3.8) is 0 Å². The molecule has 0 unspecified atom stereocenters. The molecule has 0 aliphatic carbocycles. The highest BCUT2D eigenvalue weighted by molar-refractivity contribution is 7.08. The molecule has 1 atom stereocenters. The van der Waals surface area contributed by atoms with Crippen LogP contribution in [0.5, 0.6) is 0 Å². The number of ether oxygens (including phenoxy) is 1. The second-order valence-electron chi connectivity index (χ2n) is 7.69. The number of hydrogen-bond acceptors (Lipinski definition) is 6. The molecule has 3 aromatic rings. The largest absolute Gasteiger partial charge is 0.440 e. The first-order chi connectivity index (χ1) is 15.2. The predicted molar refractivity (Wildman–Crippen MR) is 126 cm³/mol. The van der Waals surface area contributed by atoms with Crippen molar-refractivity contribution in [2.24, 2.45) is 5.73 Å². The summed E-state index contributed by atoms with van der Waals surface area (Å²) in [7, 11) is 0. The second-order valence-corrected chi connectivity index (χ2v) is 9.25. The minimum Gasteiger partial charge on any atom is -0.440 e. The van der Waals surface area contributed by atoms with Gasteiger partial charge in [0.2, 0.25) is 5.88 Å². The van der Waals surface area contributed by atoms with Gasteiger partial charge < -0.3 is 10.5 Å². The van der Waals surface area contributed by atoms with Gasteiger partial charge in [-0.15, -0.1) is 0 Å². The van der Waals surface area contributed by atoms with Crippen LogP contribution in [0.3, 0.4) is 0 Å². The van der Waals surface area contributed by atoms with E-state index < -0.39 is 0 Å². The van der Waals surface area contributed by atoms with Crippen molar-refractivity contribution in [2.45, 2.75) is 12.5 Å². The van der Waals surface area contributed by atoms with Gasteiger partial charge in [0.25, 0.3) is 0 Å². The van der Waals surface area contributed by atoms with Gasteiger partial charge in [0.05, 0.1) is 5.92 Å². The van der Waals surface area contributed by atoms with Gasteiger partial charge in [-0.25, -0.2) is 0 Å². The number of allylic oxidation sites excluding steroid dienone is 1. The van der Waals surface area contributed by atoms with E-state index >= 15 is 0 Å². The van der Waals surface area contributed by atoms with Crippen molar-refractivity contribution in [2.75, 3.05) is 13.1 Å². The van der Waals surface area contributed by atoms with Gasteiger partial charge in [-0.1, -0.05) is 30.3 Å². The quantitative estimate of drug-likeness (QED) is 0.581. The predicted octanol–water partition coefficient (Wildman–Crippen LogP) is 5.47. The summed E-state index contributed by atoms with van der Waals surface area (Å²) < 4.78 is 6.11. The van der Waals surface area contributed by atoms with Gasteiger partial charge >= 0.3 is 0 Å². The number of nitriles is 1. The number of thiophene rings is 2. The number of nitrogens with two attached hydrogens (primary N) is 1. The van der Waals surface area contributed by atoms with E-state index in [0.29, 0.717) is 5.57 Å². The van der Waals surface area contributed by atoms with Crippen LogP contribution < -0.4 is 5.73 Å². The Kier molecular flexibility index (Phi) is 5.47. The van der Waals surface area contributed by atoms with E-state index in [1.165, 1.54) is 5.56 Å². The lowest BCUT2D eigenvalue weighted by atomic mass is 9.81. The van der Waals surface area contributed by atoms with Gasteiger partial charge in [0.1, 0.15) is 17.4 Å². The Labute approximate surface area is 189 Å². The Morgan fingerprint density at radius 2 is 1.90 bits per heavy atom. The summed E-state index contributed by atoms with van der Waals surface area (Å²) in [6, 6.07) is 17.0. The van der Waals surface area contributed by atoms with Crippen LogP contribution in [0.4, 0.5) is 0 Å². The second kappa shape index (κ2) is 8.56. The molecular weight excluding hydrogens is 422 g/mol. The molecule has 0 saturated carbocycles. The summed E-state index contributed by atoms with van der Waals surface area (Å²) in [5.74, 6) is 0.859. The highest BCUT2D eigenvalue weighted by atomic mass is 32.1. The maximum Gasteiger partial charge on any atom is 0.205 e. The normalized spacial score (nSPS) is 20.5. The fourth-order valence-electron chi connectivity index (χ4n) is 4.27. The van der Waals surface area contributed by atoms with Crippen LogP contribution in [0.25, 0.3) is 6.08 Å². The van der Waals surface area contributed by atoms with E-state index in [9.17, 15) is 5.26 Å². The van der Waals surface area contributed by atoms with Crippen molar-refractivity contribution >= 4 is 28.7 Å². The third kappa shape index (κ3) is 3.96. The first-order valence-electron chi connectivity index (χ1n) is 10.0. The number of nitrogens with zero attached hydrogens (tertiary/aromatic N) is 2. The van der Waals surface area contributed by atoms with E-state index in [-0.39, 0.29) is 11.8 Å². The van der Waals surface area contributed by atoms with Crippen LogP contribution in [0.15, 0.2) is 92.3 Å². The molecule has 0 saturated heterocycles. The lowest BCUT2D eigenvalue weighted by molar-refractivity contribution is 0.230. The third-order valence-electron chi connectivity index (χ3n) is 5.62. The molecule has 2 aliphatic heterocycles. The summed E-state index contributed by atoms with van der Waals surface area (Å²) >= 11 is 3.30. The third-order valence-corrected chi connectivity index (χ3v) is 7.02. The first kappa shape index (κ1) is 19.8. The Hall–Kier alpha value is -3.11. The van der Waals surface area contributed by atoms with Crippen LogP contribution in [-0.4, -0.2) is 18.0 Å². The molecule has 154 valence electrons. The summed E-state index contributed by atoms with van der Waals surface area (Å²) in [6.07, 6.45) is 2.18. The van der Waals surface area contributed by atoms with Gasteiger partial charge in [-0.3, -0.25) is 4.90 Å². The minimum absolute atomic E-state index is 0.176. The Morgan fingerprint density at radius 3 is 2.61 bits per heavy atom. The van der Waals surface area contributed by atoms with Gasteiger partial charge in [0, 0.05) is 25.2 Å². The molecule has 5 rings (SSSR count). The molecule has 6 heteroatoms. The van der Waals surface area contributed by atoms with E-state index in [1.807, 2.05) is 11.4 Å². The highest BCUT2D eigenvalue weighted by Crippen LogP contribution is 2.44. The molecule has 0 bridgehead atoms. The SMILES string of the molecule is N#CC1=C(N)OC2=C(CN(Cc3ccccc3)C/C2=C/c2ccsc2)[C@H]1c1ccsc1. The fourth-order valence-corrected chi connectivity index (χ4v) is 5.58. The molecule has 0 radical (unpaired) electrons. The van der Waals surface area contributed by atoms with E-state index in [0.717, 1.165) is 47.7 Å². The van der Waals surface area contributed by atoms with Crippen LogP contribution in [0, 0.1) is 11.3 Å². The van der Waals surface area contributed by atoms with Crippen molar-refractivity contribution in [1.82, 2.24) is 4.90 Å². The van der Waals surface area contributed by atoms with E-state index in [4.69, 9.17) is 10.5 Å². The lowest BCUT2D eigenvalue weighted by Gasteiger charge is -2.38. The minimum atomic E-state index is -0.176. The maximum absolute atomic E-state index is 9.88. The van der Waals surface area contributed by atoms with Gasteiger partial charge in [-0.2, -0.15) is 27.9 Å². The Balaban J connectivity index is 1.60. The Bertz CT molecular complexity index is 1200. The molecule has 31 heavy (non-hydrogen) atoms. The molecule has 2 N–H and O–H groups in total.